The van der Waals surface area contributed by atoms with Gasteiger partial charge in [-0.1, -0.05) is 0 Å². The molecule has 0 bridgehead atoms. The molecule has 0 amide bonds. The first-order valence-electron chi connectivity index (χ1n) is 5.63. The molecular formula is C12H18N2O5. The number of hydrogen-bond donors (Lipinski definition) is 6. The van der Waals surface area contributed by atoms with E-state index < -0.39 is 31.3 Å². The van der Waals surface area contributed by atoms with E-state index in [4.69, 9.17) is 10.8 Å². The third kappa shape index (κ3) is 3.14. The number of aromatic carboxylic acids is 1. The van der Waals surface area contributed by atoms with Crippen LogP contribution in [0.4, 0.5) is 11.4 Å². The number of aryl methyl sites for hydroxylation is 1. The van der Waals surface area contributed by atoms with Crippen LogP contribution >= 0.6 is 0 Å². The Morgan fingerprint density at radius 1 is 1.26 bits per heavy atom. The molecule has 0 saturated carbocycles. The molecule has 0 spiro atoms. The smallest absolute Gasteiger partial charge is 0.337 e. The summed E-state index contributed by atoms with van der Waals surface area (Å²) in [5, 5.41) is 39.4. The second-order valence-corrected chi connectivity index (χ2v) is 4.44. The van der Waals surface area contributed by atoms with Crippen LogP contribution in [0.15, 0.2) is 12.1 Å². The van der Waals surface area contributed by atoms with Gasteiger partial charge >= 0.3 is 5.97 Å². The van der Waals surface area contributed by atoms with E-state index in [1.54, 1.807) is 13.0 Å². The Hall–Kier alpha value is -1.83. The Kier molecular flexibility index (Phi) is 4.71. The molecule has 19 heavy (non-hydrogen) atoms. The highest BCUT2D eigenvalue weighted by molar-refractivity contribution is 5.95. The van der Waals surface area contributed by atoms with Gasteiger partial charge in [-0.15, -0.1) is 0 Å². The van der Waals surface area contributed by atoms with E-state index in [2.05, 4.69) is 5.32 Å². The quantitative estimate of drug-likeness (QED) is 0.380. The minimum Gasteiger partial charge on any atom is -0.478 e. The van der Waals surface area contributed by atoms with Gasteiger partial charge in [-0.2, -0.15) is 0 Å². The summed E-state index contributed by atoms with van der Waals surface area (Å²) in [6.07, 6.45) is 0. The summed E-state index contributed by atoms with van der Waals surface area (Å²) in [7, 11) is 0. The van der Waals surface area contributed by atoms with Gasteiger partial charge in [0.15, 0.2) is 0 Å². The SMILES string of the molecule is Cc1cc(NC(CO)(CO)CO)cc(C(=O)O)c1N. The minimum absolute atomic E-state index is 0.0785. The summed E-state index contributed by atoms with van der Waals surface area (Å²) >= 11 is 0. The molecular weight excluding hydrogens is 252 g/mol. The zero-order chi connectivity index (χ0) is 14.6. The number of carboxylic acids is 1. The fourth-order valence-electron chi connectivity index (χ4n) is 1.62. The van der Waals surface area contributed by atoms with Crippen LogP contribution in [0.5, 0.6) is 0 Å². The third-order valence-electron chi connectivity index (χ3n) is 2.93. The van der Waals surface area contributed by atoms with E-state index in [0.717, 1.165) is 0 Å². The lowest BCUT2D eigenvalue weighted by atomic mass is 10.0. The van der Waals surface area contributed by atoms with Crippen LogP contribution in [0, 0.1) is 6.92 Å². The molecule has 0 aliphatic heterocycles. The molecule has 0 atom stereocenters. The van der Waals surface area contributed by atoms with Crippen molar-refractivity contribution >= 4 is 17.3 Å². The monoisotopic (exact) mass is 270 g/mol. The van der Waals surface area contributed by atoms with Gasteiger partial charge in [-0.05, 0) is 24.6 Å². The Morgan fingerprint density at radius 3 is 2.21 bits per heavy atom. The van der Waals surface area contributed by atoms with Crippen molar-refractivity contribution in [2.24, 2.45) is 0 Å². The molecule has 0 aromatic heterocycles. The predicted octanol–water partition coefficient (Wildman–Crippen LogP) is -0.597. The Labute approximate surface area is 110 Å². The number of anilines is 2. The van der Waals surface area contributed by atoms with Gasteiger partial charge in [0.1, 0.15) is 5.54 Å². The molecule has 0 aliphatic carbocycles. The van der Waals surface area contributed by atoms with Crippen LogP contribution in [0.2, 0.25) is 0 Å². The second kappa shape index (κ2) is 5.87. The molecule has 7 heteroatoms. The van der Waals surface area contributed by atoms with E-state index in [1.165, 1.54) is 6.07 Å². The largest absolute Gasteiger partial charge is 0.478 e. The third-order valence-corrected chi connectivity index (χ3v) is 2.93. The zero-order valence-electron chi connectivity index (χ0n) is 10.6. The van der Waals surface area contributed by atoms with Gasteiger partial charge in [0.05, 0.1) is 25.4 Å². The summed E-state index contributed by atoms with van der Waals surface area (Å²) < 4.78 is 0. The number of nitrogens with one attached hydrogen (secondary N) is 1. The lowest BCUT2D eigenvalue weighted by Gasteiger charge is -2.30. The molecule has 0 aliphatic rings. The number of aliphatic hydroxyl groups excluding tert-OH is 3. The molecule has 1 aromatic rings. The fraction of sp³-hybridized carbons (Fsp3) is 0.417. The molecule has 1 rings (SSSR count). The number of carbonyl (C=O) groups is 1. The number of aliphatic hydroxyl groups is 3. The average Bonchev–Trinajstić information content (AvgIpc) is 2.39. The predicted molar refractivity (Wildman–Crippen MR) is 70.2 cm³/mol. The topological polar surface area (TPSA) is 136 Å². The molecule has 0 radical (unpaired) electrons. The number of hydrogen-bond acceptors (Lipinski definition) is 6. The van der Waals surface area contributed by atoms with Crippen LogP contribution in [0.3, 0.4) is 0 Å². The first kappa shape index (κ1) is 15.2. The van der Waals surface area contributed by atoms with Crippen molar-refractivity contribution in [1.82, 2.24) is 0 Å². The van der Waals surface area contributed by atoms with E-state index >= 15 is 0 Å². The van der Waals surface area contributed by atoms with Crippen molar-refractivity contribution in [2.45, 2.75) is 12.5 Å². The van der Waals surface area contributed by atoms with Crippen molar-refractivity contribution in [1.29, 1.82) is 0 Å². The fourth-order valence-corrected chi connectivity index (χ4v) is 1.62. The van der Waals surface area contributed by atoms with Crippen molar-refractivity contribution in [2.75, 3.05) is 30.9 Å². The molecule has 0 unspecified atom stereocenters. The average molecular weight is 270 g/mol. The molecule has 0 heterocycles. The van der Waals surface area contributed by atoms with Gasteiger partial charge in [-0.3, -0.25) is 0 Å². The summed E-state index contributed by atoms with van der Waals surface area (Å²) in [5.74, 6) is -1.17. The lowest BCUT2D eigenvalue weighted by Crippen LogP contribution is -2.49. The highest BCUT2D eigenvalue weighted by Crippen LogP contribution is 2.25. The number of rotatable bonds is 6. The number of nitrogen functional groups attached to an aromatic ring is 1. The molecule has 106 valence electrons. The van der Waals surface area contributed by atoms with Gasteiger partial charge in [0.2, 0.25) is 0 Å². The maximum absolute atomic E-state index is 11.0. The second-order valence-electron chi connectivity index (χ2n) is 4.44. The number of carboxylic acid groups (broad SMARTS) is 1. The van der Waals surface area contributed by atoms with E-state index in [-0.39, 0.29) is 11.3 Å². The van der Waals surface area contributed by atoms with Crippen molar-refractivity contribution < 1.29 is 25.2 Å². The first-order chi connectivity index (χ1) is 8.89. The summed E-state index contributed by atoms with van der Waals surface area (Å²) in [5.41, 5.74) is 5.31. The van der Waals surface area contributed by atoms with Crippen LogP contribution in [-0.4, -0.2) is 51.8 Å². The normalized spacial score (nSPS) is 11.4. The van der Waals surface area contributed by atoms with E-state index in [0.29, 0.717) is 11.3 Å². The zero-order valence-corrected chi connectivity index (χ0v) is 10.6. The number of benzene rings is 1. The maximum atomic E-state index is 11.0. The molecule has 7 N–H and O–H groups in total. The molecule has 1 aromatic carbocycles. The Bertz CT molecular complexity index is 463. The van der Waals surface area contributed by atoms with Crippen molar-refractivity contribution in [3.05, 3.63) is 23.3 Å². The Balaban J connectivity index is 3.18. The Morgan fingerprint density at radius 2 is 1.79 bits per heavy atom. The molecule has 0 fully saturated rings. The molecule has 7 nitrogen and oxygen atoms in total. The number of nitrogens with two attached hydrogens (primary N) is 1. The van der Waals surface area contributed by atoms with E-state index in [1.807, 2.05) is 0 Å². The highest BCUT2D eigenvalue weighted by Gasteiger charge is 2.28. The lowest BCUT2D eigenvalue weighted by molar-refractivity contribution is 0.0698. The van der Waals surface area contributed by atoms with E-state index in [9.17, 15) is 20.1 Å². The first-order valence-corrected chi connectivity index (χ1v) is 5.63. The van der Waals surface area contributed by atoms with Crippen molar-refractivity contribution in [3.8, 4) is 0 Å². The van der Waals surface area contributed by atoms with Crippen LogP contribution in [0.1, 0.15) is 15.9 Å². The summed E-state index contributed by atoms with van der Waals surface area (Å²) in [6.45, 7) is 0.120. The van der Waals surface area contributed by atoms with Gasteiger partial charge in [0, 0.05) is 11.4 Å². The maximum Gasteiger partial charge on any atom is 0.337 e. The van der Waals surface area contributed by atoms with Crippen LogP contribution < -0.4 is 11.1 Å². The summed E-state index contributed by atoms with van der Waals surface area (Å²) in [6, 6.07) is 2.87. The van der Waals surface area contributed by atoms with Crippen LogP contribution in [0.25, 0.3) is 0 Å². The summed E-state index contributed by atoms with van der Waals surface area (Å²) in [4.78, 5) is 11.0. The standard InChI is InChI=1S/C12H18N2O5/c1-7-2-8(3-9(10(7)13)11(18)19)14-12(4-15,5-16)6-17/h2-3,14-17H,4-6,13H2,1H3,(H,18,19). The van der Waals surface area contributed by atoms with Crippen molar-refractivity contribution in [3.63, 3.8) is 0 Å². The molecule has 0 saturated heterocycles. The van der Waals surface area contributed by atoms with Crippen LogP contribution in [-0.2, 0) is 0 Å². The van der Waals surface area contributed by atoms with Gasteiger partial charge < -0.3 is 31.5 Å². The van der Waals surface area contributed by atoms with Gasteiger partial charge in [0.25, 0.3) is 0 Å². The van der Waals surface area contributed by atoms with Gasteiger partial charge in [-0.25, -0.2) is 4.79 Å². The highest BCUT2D eigenvalue weighted by atomic mass is 16.4. The minimum atomic E-state index is -1.32.